The molecular weight excluding hydrogens is 142 g/mol. The molecule has 1 rings (SSSR count). The third-order valence-corrected chi connectivity index (χ3v) is 1.58. The summed E-state index contributed by atoms with van der Waals surface area (Å²) in [4.78, 5) is 0. The Morgan fingerprint density at radius 1 is 1.64 bits per heavy atom. The standard InChI is InChI=1S/C8H13NO2/c9-7(3-1-5-10)8-4-2-6-11-8/h2,4,6-7,10H,1,3,5,9H2/t7-/m0/s1. The first-order valence-corrected chi connectivity index (χ1v) is 3.74. The number of nitrogens with two attached hydrogens (primary N) is 1. The molecule has 0 bridgehead atoms. The zero-order valence-corrected chi connectivity index (χ0v) is 6.36. The predicted molar refractivity (Wildman–Crippen MR) is 42.0 cm³/mol. The van der Waals surface area contributed by atoms with Gasteiger partial charge in [-0.2, -0.15) is 0 Å². The molecule has 1 aromatic rings. The molecule has 0 spiro atoms. The van der Waals surface area contributed by atoms with E-state index in [0.717, 1.165) is 18.6 Å². The van der Waals surface area contributed by atoms with Crippen LogP contribution in [0.2, 0.25) is 0 Å². The monoisotopic (exact) mass is 155 g/mol. The zero-order chi connectivity index (χ0) is 8.10. The summed E-state index contributed by atoms with van der Waals surface area (Å²) < 4.78 is 5.09. The van der Waals surface area contributed by atoms with Crippen LogP contribution in [0, 0.1) is 0 Å². The predicted octanol–water partition coefficient (Wildman–Crippen LogP) is 1.05. The Bertz CT molecular complexity index is 184. The lowest BCUT2D eigenvalue weighted by molar-refractivity contribution is 0.276. The van der Waals surface area contributed by atoms with Crippen LogP contribution in [0.25, 0.3) is 0 Å². The number of rotatable bonds is 4. The highest BCUT2D eigenvalue weighted by molar-refractivity contribution is 5.02. The maximum Gasteiger partial charge on any atom is 0.120 e. The van der Waals surface area contributed by atoms with E-state index >= 15 is 0 Å². The van der Waals surface area contributed by atoms with Crippen LogP contribution in [-0.2, 0) is 0 Å². The summed E-state index contributed by atoms with van der Waals surface area (Å²) in [7, 11) is 0. The fraction of sp³-hybridized carbons (Fsp3) is 0.500. The maximum absolute atomic E-state index is 8.53. The SMILES string of the molecule is N[C@@H](CCCO)c1ccco1. The second-order valence-electron chi connectivity index (χ2n) is 2.49. The van der Waals surface area contributed by atoms with Crippen LogP contribution in [0.1, 0.15) is 24.6 Å². The summed E-state index contributed by atoms with van der Waals surface area (Å²) in [6.07, 6.45) is 3.10. The first-order valence-electron chi connectivity index (χ1n) is 3.74. The lowest BCUT2D eigenvalue weighted by atomic mass is 10.1. The molecule has 0 unspecified atom stereocenters. The minimum absolute atomic E-state index is 0.0721. The highest BCUT2D eigenvalue weighted by Gasteiger charge is 2.06. The minimum atomic E-state index is -0.0721. The van der Waals surface area contributed by atoms with Crippen LogP contribution < -0.4 is 5.73 Å². The zero-order valence-electron chi connectivity index (χ0n) is 6.36. The van der Waals surface area contributed by atoms with Crippen molar-refractivity contribution in [1.82, 2.24) is 0 Å². The molecule has 0 saturated heterocycles. The molecule has 0 aliphatic heterocycles. The highest BCUT2D eigenvalue weighted by atomic mass is 16.3. The lowest BCUT2D eigenvalue weighted by Crippen LogP contribution is -2.09. The Balaban J connectivity index is 2.36. The third-order valence-electron chi connectivity index (χ3n) is 1.58. The van der Waals surface area contributed by atoms with E-state index in [1.165, 1.54) is 0 Å². The summed E-state index contributed by atoms with van der Waals surface area (Å²) >= 11 is 0. The Morgan fingerprint density at radius 2 is 2.45 bits per heavy atom. The molecule has 0 amide bonds. The Hall–Kier alpha value is -0.800. The van der Waals surface area contributed by atoms with Crippen LogP contribution in [0.3, 0.4) is 0 Å². The maximum atomic E-state index is 8.53. The average molecular weight is 155 g/mol. The molecule has 1 atom stereocenters. The summed E-state index contributed by atoms with van der Waals surface area (Å²) in [5, 5.41) is 8.53. The minimum Gasteiger partial charge on any atom is -0.468 e. The second-order valence-corrected chi connectivity index (χ2v) is 2.49. The van der Waals surface area contributed by atoms with E-state index in [9.17, 15) is 0 Å². The van der Waals surface area contributed by atoms with Gasteiger partial charge in [0.15, 0.2) is 0 Å². The van der Waals surface area contributed by atoms with Gasteiger partial charge in [-0.1, -0.05) is 0 Å². The second kappa shape index (κ2) is 4.16. The molecule has 0 aromatic carbocycles. The number of furan rings is 1. The van der Waals surface area contributed by atoms with E-state index in [1.807, 2.05) is 12.1 Å². The van der Waals surface area contributed by atoms with E-state index in [2.05, 4.69) is 0 Å². The normalized spacial score (nSPS) is 13.3. The van der Waals surface area contributed by atoms with Crippen molar-refractivity contribution in [3.05, 3.63) is 24.2 Å². The molecule has 0 fully saturated rings. The van der Waals surface area contributed by atoms with Gasteiger partial charge >= 0.3 is 0 Å². The third kappa shape index (κ3) is 2.37. The van der Waals surface area contributed by atoms with Crippen LogP contribution in [0.15, 0.2) is 22.8 Å². The van der Waals surface area contributed by atoms with E-state index in [0.29, 0.717) is 0 Å². The van der Waals surface area contributed by atoms with Gasteiger partial charge in [0.1, 0.15) is 5.76 Å². The van der Waals surface area contributed by atoms with Crippen molar-refractivity contribution in [3.63, 3.8) is 0 Å². The van der Waals surface area contributed by atoms with Gasteiger partial charge < -0.3 is 15.3 Å². The summed E-state index contributed by atoms with van der Waals surface area (Å²) in [5.74, 6) is 0.790. The number of hydrogen-bond acceptors (Lipinski definition) is 3. The van der Waals surface area contributed by atoms with Crippen LogP contribution in [0.5, 0.6) is 0 Å². The van der Waals surface area contributed by atoms with Gasteiger partial charge in [0, 0.05) is 6.61 Å². The van der Waals surface area contributed by atoms with Crippen molar-refractivity contribution in [2.24, 2.45) is 5.73 Å². The fourth-order valence-electron chi connectivity index (χ4n) is 0.956. The summed E-state index contributed by atoms with van der Waals surface area (Å²) in [6, 6.07) is 3.59. The van der Waals surface area contributed by atoms with Crippen LogP contribution in [0.4, 0.5) is 0 Å². The average Bonchev–Trinajstić information content (AvgIpc) is 2.52. The van der Waals surface area contributed by atoms with Gasteiger partial charge in [-0.15, -0.1) is 0 Å². The Labute approximate surface area is 65.8 Å². The molecule has 0 saturated carbocycles. The highest BCUT2D eigenvalue weighted by Crippen LogP contribution is 2.14. The van der Waals surface area contributed by atoms with Gasteiger partial charge in [-0.3, -0.25) is 0 Å². The Morgan fingerprint density at radius 3 is 3.00 bits per heavy atom. The van der Waals surface area contributed by atoms with Gasteiger partial charge in [0.05, 0.1) is 12.3 Å². The molecular formula is C8H13NO2. The van der Waals surface area contributed by atoms with Crippen molar-refractivity contribution in [2.75, 3.05) is 6.61 Å². The quantitative estimate of drug-likeness (QED) is 0.683. The molecule has 1 heterocycles. The van der Waals surface area contributed by atoms with Gasteiger partial charge in [-0.25, -0.2) is 0 Å². The first kappa shape index (κ1) is 8.30. The smallest absolute Gasteiger partial charge is 0.120 e. The summed E-state index contributed by atoms with van der Waals surface area (Å²) in [6.45, 7) is 0.189. The molecule has 3 heteroatoms. The van der Waals surface area contributed by atoms with Crippen molar-refractivity contribution in [3.8, 4) is 0 Å². The van der Waals surface area contributed by atoms with Crippen molar-refractivity contribution in [1.29, 1.82) is 0 Å². The molecule has 3 nitrogen and oxygen atoms in total. The van der Waals surface area contributed by atoms with Crippen LogP contribution >= 0.6 is 0 Å². The van der Waals surface area contributed by atoms with Crippen molar-refractivity contribution in [2.45, 2.75) is 18.9 Å². The summed E-state index contributed by atoms with van der Waals surface area (Å²) in [5.41, 5.74) is 5.72. The molecule has 0 aliphatic rings. The number of hydrogen-bond donors (Lipinski definition) is 2. The largest absolute Gasteiger partial charge is 0.468 e. The first-order chi connectivity index (χ1) is 5.34. The van der Waals surface area contributed by atoms with Crippen molar-refractivity contribution < 1.29 is 9.52 Å². The molecule has 11 heavy (non-hydrogen) atoms. The van der Waals surface area contributed by atoms with Crippen molar-refractivity contribution >= 4 is 0 Å². The number of aliphatic hydroxyl groups is 1. The number of aliphatic hydroxyl groups excluding tert-OH is 1. The van der Waals surface area contributed by atoms with Gasteiger partial charge in [0.2, 0.25) is 0 Å². The van der Waals surface area contributed by atoms with E-state index in [1.54, 1.807) is 6.26 Å². The molecule has 0 aliphatic carbocycles. The van der Waals surface area contributed by atoms with Gasteiger partial charge in [0.25, 0.3) is 0 Å². The molecule has 62 valence electrons. The Kier molecular flexibility index (Phi) is 3.14. The molecule has 0 radical (unpaired) electrons. The molecule has 1 aromatic heterocycles. The van der Waals surface area contributed by atoms with E-state index in [-0.39, 0.29) is 12.6 Å². The van der Waals surface area contributed by atoms with Gasteiger partial charge in [-0.05, 0) is 25.0 Å². The lowest BCUT2D eigenvalue weighted by Gasteiger charge is -2.05. The fourth-order valence-corrected chi connectivity index (χ4v) is 0.956. The molecule has 3 N–H and O–H groups in total. The van der Waals surface area contributed by atoms with E-state index < -0.39 is 0 Å². The van der Waals surface area contributed by atoms with Crippen LogP contribution in [-0.4, -0.2) is 11.7 Å². The topological polar surface area (TPSA) is 59.4 Å². The van der Waals surface area contributed by atoms with E-state index in [4.69, 9.17) is 15.3 Å².